The van der Waals surface area contributed by atoms with Gasteiger partial charge in [0.1, 0.15) is 11.6 Å². The van der Waals surface area contributed by atoms with Gasteiger partial charge in [0, 0.05) is 37.8 Å². The van der Waals surface area contributed by atoms with Crippen LogP contribution in [0.25, 0.3) is 0 Å². The number of likely N-dealkylation sites (tertiary alicyclic amines) is 1. The second kappa shape index (κ2) is 10.7. The van der Waals surface area contributed by atoms with Gasteiger partial charge in [0.15, 0.2) is 11.5 Å². The van der Waals surface area contributed by atoms with Crippen LogP contribution in [0.1, 0.15) is 39.2 Å². The Morgan fingerprint density at radius 2 is 1.87 bits per heavy atom. The van der Waals surface area contributed by atoms with Gasteiger partial charge < -0.3 is 20.1 Å². The van der Waals surface area contributed by atoms with Crippen LogP contribution in [0.5, 0.6) is 11.5 Å². The first-order valence-electron chi connectivity index (χ1n) is 10.6. The summed E-state index contributed by atoms with van der Waals surface area (Å²) in [5, 5.41) is 7.05. The van der Waals surface area contributed by atoms with Crippen LogP contribution in [-0.2, 0) is 6.54 Å². The van der Waals surface area contributed by atoms with Crippen LogP contribution in [0.2, 0.25) is 5.28 Å². The van der Waals surface area contributed by atoms with Gasteiger partial charge in [-0.25, -0.2) is 9.97 Å². The van der Waals surface area contributed by atoms with Crippen molar-refractivity contribution >= 4 is 23.2 Å². The monoisotopic (exact) mass is 433 g/mol. The molecule has 1 aromatic heterocycles. The Morgan fingerprint density at radius 1 is 1.13 bits per heavy atom. The van der Waals surface area contributed by atoms with Gasteiger partial charge in [-0.05, 0) is 62.9 Å². The van der Waals surface area contributed by atoms with Crippen LogP contribution in [-0.4, -0.2) is 53.8 Å². The Labute approximate surface area is 184 Å². The number of hydrogen-bond acceptors (Lipinski definition) is 7. The third-order valence-electron chi connectivity index (χ3n) is 5.01. The first-order chi connectivity index (χ1) is 14.5. The normalized spacial score (nSPS) is 15.3. The minimum absolute atomic E-state index is 0.255. The summed E-state index contributed by atoms with van der Waals surface area (Å²) in [7, 11) is 1.67. The third-order valence-corrected chi connectivity index (χ3v) is 5.18. The Kier molecular flexibility index (Phi) is 7.99. The summed E-state index contributed by atoms with van der Waals surface area (Å²) in [6.07, 6.45) is 2.09. The molecule has 0 bridgehead atoms. The van der Waals surface area contributed by atoms with E-state index >= 15 is 0 Å². The minimum atomic E-state index is 0.255. The van der Waals surface area contributed by atoms with E-state index in [0.29, 0.717) is 12.6 Å². The number of nitrogens with one attached hydrogen (secondary N) is 2. The van der Waals surface area contributed by atoms with Crippen LogP contribution in [0.15, 0.2) is 24.3 Å². The van der Waals surface area contributed by atoms with Gasteiger partial charge in [-0.3, -0.25) is 4.90 Å². The first-order valence-corrected chi connectivity index (χ1v) is 10.9. The molecule has 0 atom stereocenters. The van der Waals surface area contributed by atoms with Gasteiger partial charge >= 0.3 is 0 Å². The fourth-order valence-corrected chi connectivity index (χ4v) is 3.83. The average molecular weight is 434 g/mol. The predicted octanol–water partition coefficient (Wildman–Crippen LogP) is 4.43. The van der Waals surface area contributed by atoms with Crippen LogP contribution in [0.3, 0.4) is 0 Å². The molecule has 3 rings (SSSR count). The Morgan fingerprint density at radius 3 is 2.53 bits per heavy atom. The molecule has 1 saturated heterocycles. The van der Waals surface area contributed by atoms with E-state index in [0.717, 1.165) is 55.6 Å². The average Bonchev–Trinajstić information content (AvgIpc) is 2.69. The van der Waals surface area contributed by atoms with E-state index in [-0.39, 0.29) is 11.3 Å². The third kappa shape index (κ3) is 6.37. The Balaban J connectivity index is 1.54. The second-order valence-electron chi connectivity index (χ2n) is 7.82. The fraction of sp³-hybridized carbons (Fsp3) is 0.545. The van der Waals surface area contributed by atoms with Crippen LogP contribution >= 0.6 is 11.6 Å². The lowest BCUT2D eigenvalue weighted by atomic mass is 10.0. The molecule has 164 valence electrons. The molecule has 2 heterocycles. The molecule has 7 nitrogen and oxygen atoms in total. The number of methoxy groups -OCH3 is 1. The van der Waals surface area contributed by atoms with Crippen molar-refractivity contribution in [3.05, 3.63) is 35.1 Å². The lowest BCUT2D eigenvalue weighted by Crippen LogP contribution is -2.38. The van der Waals surface area contributed by atoms with Crippen molar-refractivity contribution in [2.24, 2.45) is 0 Å². The molecule has 0 unspecified atom stereocenters. The highest BCUT2D eigenvalue weighted by Gasteiger charge is 2.20. The van der Waals surface area contributed by atoms with Crippen LogP contribution in [0, 0.1) is 0 Å². The molecule has 2 aromatic rings. The number of benzene rings is 1. The number of piperidine rings is 1. The van der Waals surface area contributed by atoms with E-state index < -0.39 is 0 Å². The maximum Gasteiger partial charge on any atom is 0.226 e. The van der Waals surface area contributed by atoms with Crippen molar-refractivity contribution in [3.8, 4) is 11.5 Å². The van der Waals surface area contributed by atoms with Gasteiger partial charge in [-0.1, -0.05) is 6.07 Å². The number of halogens is 1. The van der Waals surface area contributed by atoms with Gasteiger partial charge in [-0.2, -0.15) is 0 Å². The molecule has 0 aliphatic carbocycles. The number of hydrogen-bond donors (Lipinski definition) is 2. The summed E-state index contributed by atoms with van der Waals surface area (Å²) >= 11 is 6.09. The highest BCUT2D eigenvalue weighted by molar-refractivity contribution is 6.28. The van der Waals surface area contributed by atoms with Crippen molar-refractivity contribution in [2.75, 3.05) is 37.4 Å². The smallest absolute Gasteiger partial charge is 0.226 e. The minimum Gasteiger partial charge on any atom is -0.493 e. The SMILES string of the molecule is CCOc1cc(CN2CCC(Nc3cc(NC(C)C)nc(Cl)n3)CC2)ccc1OC. The number of nitrogens with zero attached hydrogens (tertiary/aromatic N) is 3. The largest absolute Gasteiger partial charge is 0.493 e. The van der Waals surface area contributed by atoms with E-state index in [1.807, 2.05) is 19.1 Å². The number of rotatable bonds is 9. The van der Waals surface area contributed by atoms with Gasteiger partial charge in [-0.15, -0.1) is 0 Å². The lowest BCUT2D eigenvalue weighted by Gasteiger charge is -2.32. The summed E-state index contributed by atoms with van der Waals surface area (Å²) in [5.41, 5.74) is 1.23. The molecule has 0 amide bonds. The highest BCUT2D eigenvalue weighted by Crippen LogP contribution is 2.29. The van der Waals surface area contributed by atoms with Crippen molar-refractivity contribution in [3.63, 3.8) is 0 Å². The second-order valence-corrected chi connectivity index (χ2v) is 8.16. The Hall–Kier alpha value is -2.25. The zero-order valence-electron chi connectivity index (χ0n) is 18.2. The predicted molar refractivity (Wildman–Crippen MR) is 122 cm³/mol. The van der Waals surface area contributed by atoms with E-state index in [1.165, 1.54) is 5.56 Å². The quantitative estimate of drug-likeness (QED) is 0.566. The molecule has 1 aliphatic rings. The molecule has 1 aliphatic heterocycles. The maximum absolute atomic E-state index is 6.09. The molecule has 8 heteroatoms. The van der Waals surface area contributed by atoms with Crippen LogP contribution < -0.4 is 20.1 Å². The first kappa shape index (κ1) is 22.4. The van der Waals surface area contributed by atoms with Crippen LogP contribution in [0.4, 0.5) is 11.6 Å². The van der Waals surface area contributed by atoms with Crippen molar-refractivity contribution in [1.29, 1.82) is 0 Å². The molecule has 1 aromatic carbocycles. The number of anilines is 2. The van der Waals surface area contributed by atoms with Gasteiger partial charge in [0.25, 0.3) is 0 Å². The zero-order chi connectivity index (χ0) is 21.5. The molecule has 0 saturated carbocycles. The molecular weight excluding hydrogens is 402 g/mol. The van der Waals surface area contributed by atoms with Gasteiger partial charge in [0.05, 0.1) is 13.7 Å². The summed E-state index contributed by atoms with van der Waals surface area (Å²) in [4.78, 5) is 11.0. The van der Waals surface area contributed by atoms with Crippen molar-refractivity contribution in [1.82, 2.24) is 14.9 Å². The summed E-state index contributed by atoms with van der Waals surface area (Å²) in [6, 6.07) is 8.75. The maximum atomic E-state index is 6.09. The van der Waals surface area contributed by atoms with Crippen molar-refractivity contribution in [2.45, 2.75) is 52.2 Å². The van der Waals surface area contributed by atoms with E-state index in [4.69, 9.17) is 21.1 Å². The van der Waals surface area contributed by atoms with E-state index in [1.54, 1.807) is 7.11 Å². The topological polar surface area (TPSA) is 71.5 Å². The molecule has 0 spiro atoms. The Bertz CT molecular complexity index is 825. The zero-order valence-corrected chi connectivity index (χ0v) is 19.0. The number of aromatic nitrogens is 2. The molecule has 0 radical (unpaired) electrons. The van der Waals surface area contributed by atoms with Crippen molar-refractivity contribution < 1.29 is 9.47 Å². The summed E-state index contributed by atoms with van der Waals surface area (Å²) in [5.74, 6) is 3.10. The van der Waals surface area contributed by atoms with E-state index in [2.05, 4.69) is 51.5 Å². The molecule has 1 fully saturated rings. The standard InChI is InChI=1S/C22H32ClN5O2/c1-5-30-19-12-16(6-7-18(19)29-4)14-28-10-8-17(9-11-28)25-21-13-20(24-15(2)3)26-22(23)27-21/h6-7,12-13,15,17H,5,8-11,14H2,1-4H3,(H2,24,25,26,27). The van der Waals surface area contributed by atoms with E-state index in [9.17, 15) is 0 Å². The molecular formula is C22H32ClN5O2. The molecule has 2 N–H and O–H groups in total. The lowest BCUT2D eigenvalue weighted by molar-refractivity contribution is 0.210. The summed E-state index contributed by atoms with van der Waals surface area (Å²) in [6.45, 7) is 9.68. The summed E-state index contributed by atoms with van der Waals surface area (Å²) < 4.78 is 11.1. The van der Waals surface area contributed by atoms with Gasteiger partial charge in [0.2, 0.25) is 5.28 Å². The number of ether oxygens (including phenoxy) is 2. The fourth-order valence-electron chi connectivity index (χ4n) is 3.65. The molecule has 30 heavy (non-hydrogen) atoms. The highest BCUT2D eigenvalue weighted by atomic mass is 35.5.